The van der Waals surface area contributed by atoms with Crippen LogP contribution in [0.5, 0.6) is 0 Å². The summed E-state index contributed by atoms with van der Waals surface area (Å²) in [4.78, 5) is 0. The topological polar surface area (TPSA) is 26.0 Å². The Hall–Kier alpha value is -2.54. The van der Waals surface area contributed by atoms with E-state index in [9.17, 15) is 0 Å². The summed E-state index contributed by atoms with van der Waals surface area (Å²) in [6, 6.07) is 23.8. The Morgan fingerprint density at radius 2 is 0.960 bits per heavy atom. The molecule has 0 amide bonds. The summed E-state index contributed by atoms with van der Waals surface area (Å²) in [5.41, 5.74) is 14.9. The van der Waals surface area contributed by atoms with Gasteiger partial charge in [-0.3, -0.25) is 0 Å². The van der Waals surface area contributed by atoms with Gasteiger partial charge in [-0.25, -0.2) is 0 Å². The van der Waals surface area contributed by atoms with Gasteiger partial charge in [0.05, 0.1) is 0 Å². The van der Waals surface area contributed by atoms with Crippen LogP contribution in [0.2, 0.25) is 0 Å². The van der Waals surface area contributed by atoms with Crippen LogP contribution in [0.1, 0.15) is 50.7 Å². The van der Waals surface area contributed by atoms with E-state index in [1.165, 1.54) is 33.4 Å². The molecule has 0 fully saturated rings. The molecule has 0 aliphatic rings. The first-order valence-electron chi connectivity index (χ1n) is 9.06. The lowest BCUT2D eigenvalue weighted by atomic mass is 9.88. The van der Waals surface area contributed by atoms with Crippen LogP contribution >= 0.6 is 0 Å². The van der Waals surface area contributed by atoms with Gasteiger partial charge < -0.3 is 5.73 Å². The van der Waals surface area contributed by atoms with Gasteiger partial charge in [0, 0.05) is 5.69 Å². The smallest absolute Gasteiger partial charge is 0.0384 e. The Kier molecular flexibility index (Phi) is 4.94. The largest absolute Gasteiger partial charge is 0.398 e. The second-order valence-electron chi connectivity index (χ2n) is 7.32. The number of anilines is 1. The molecular formula is C24H27N. The summed E-state index contributed by atoms with van der Waals surface area (Å²) in [6.45, 7) is 8.83. The van der Waals surface area contributed by atoms with E-state index in [0.29, 0.717) is 11.8 Å². The van der Waals surface area contributed by atoms with Gasteiger partial charge in [0.1, 0.15) is 0 Å². The third-order valence-electron chi connectivity index (χ3n) is 4.81. The summed E-state index contributed by atoms with van der Waals surface area (Å²) in [6.07, 6.45) is 0. The highest BCUT2D eigenvalue weighted by Crippen LogP contribution is 2.35. The van der Waals surface area contributed by atoms with Crippen molar-refractivity contribution >= 4 is 5.69 Å². The standard InChI is InChI=1S/C24H27N/c1-16(2)22-14-21(15-23(17(3)4)24(22)25)20-12-10-19(11-13-20)18-8-6-5-7-9-18/h5-17H,25H2,1-4H3. The Morgan fingerprint density at radius 1 is 0.560 bits per heavy atom. The van der Waals surface area contributed by atoms with Gasteiger partial charge >= 0.3 is 0 Å². The minimum atomic E-state index is 0.418. The summed E-state index contributed by atoms with van der Waals surface area (Å²) in [5, 5.41) is 0. The van der Waals surface area contributed by atoms with E-state index in [1.54, 1.807) is 0 Å². The number of benzene rings is 3. The molecule has 0 aliphatic carbocycles. The third-order valence-corrected chi connectivity index (χ3v) is 4.81. The molecule has 0 heterocycles. The van der Waals surface area contributed by atoms with E-state index in [-0.39, 0.29) is 0 Å². The van der Waals surface area contributed by atoms with Gasteiger partial charge in [-0.05, 0) is 57.3 Å². The van der Waals surface area contributed by atoms with Gasteiger partial charge in [0.25, 0.3) is 0 Å². The minimum absolute atomic E-state index is 0.418. The fourth-order valence-electron chi connectivity index (χ4n) is 3.31. The molecule has 3 aromatic carbocycles. The lowest BCUT2D eigenvalue weighted by Gasteiger charge is -2.19. The first kappa shape index (κ1) is 17.3. The summed E-state index contributed by atoms with van der Waals surface area (Å²) in [5.74, 6) is 0.835. The summed E-state index contributed by atoms with van der Waals surface area (Å²) >= 11 is 0. The van der Waals surface area contributed by atoms with Crippen LogP contribution in [0.3, 0.4) is 0 Å². The lowest BCUT2D eigenvalue weighted by molar-refractivity contribution is 0.840. The second kappa shape index (κ2) is 7.14. The molecule has 0 aliphatic heterocycles. The Labute approximate surface area is 151 Å². The van der Waals surface area contributed by atoms with Crippen LogP contribution < -0.4 is 5.73 Å². The monoisotopic (exact) mass is 329 g/mol. The van der Waals surface area contributed by atoms with E-state index in [1.807, 2.05) is 6.07 Å². The van der Waals surface area contributed by atoms with Crippen molar-refractivity contribution in [3.63, 3.8) is 0 Å². The fourth-order valence-corrected chi connectivity index (χ4v) is 3.31. The predicted molar refractivity (Wildman–Crippen MR) is 110 cm³/mol. The Balaban J connectivity index is 2.04. The average Bonchev–Trinajstić information content (AvgIpc) is 2.62. The van der Waals surface area contributed by atoms with Gasteiger partial charge in [-0.15, -0.1) is 0 Å². The molecule has 128 valence electrons. The molecule has 0 unspecified atom stereocenters. The first-order valence-corrected chi connectivity index (χ1v) is 9.06. The number of hydrogen-bond acceptors (Lipinski definition) is 1. The van der Waals surface area contributed by atoms with Crippen molar-refractivity contribution in [2.45, 2.75) is 39.5 Å². The maximum atomic E-state index is 6.43. The van der Waals surface area contributed by atoms with Crippen LogP contribution in [-0.4, -0.2) is 0 Å². The maximum absolute atomic E-state index is 6.43. The van der Waals surface area contributed by atoms with Crippen molar-refractivity contribution < 1.29 is 0 Å². The molecule has 0 radical (unpaired) electrons. The van der Waals surface area contributed by atoms with Gasteiger partial charge in [0.15, 0.2) is 0 Å². The molecular weight excluding hydrogens is 302 g/mol. The second-order valence-corrected chi connectivity index (χ2v) is 7.32. The van der Waals surface area contributed by atoms with E-state index < -0.39 is 0 Å². The zero-order chi connectivity index (χ0) is 18.0. The van der Waals surface area contributed by atoms with Crippen molar-refractivity contribution in [2.75, 3.05) is 5.73 Å². The molecule has 1 heteroatoms. The van der Waals surface area contributed by atoms with Crippen LogP contribution in [-0.2, 0) is 0 Å². The van der Waals surface area contributed by atoms with Crippen molar-refractivity contribution in [2.24, 2.45) is 0 Å². The number of nitrogens with two attached hydrogens (primary N) is 1. The fraction of sp³-hybridized carbons (Fsp3) is 0.250. The van der Waals surface area contributed by atoms with Crippen LogP contribution in [0.4, 0.5) is 5.69 Å². The zero-order valence-corrected chi connectivity index (χ0v) is 15.6. The SMILES string of the molecule is CC(C)c1cc(-c2ccc(-c3ccccc3)cc2)cc(C(C)C)c1N. The number of nitrogen functional groups attached to an aromatic ring is 1. The normalized spacial score (nSPS) is 11.3. The molecule has 0 saturated carbocycles. The predicted octanol–water partition coefficient (Wildman–Crippen LogP) is 6.85. The number of hydrogen-bond donors (Lipinski definition) is 1. The molecule has 0 spiro atoms. The Bertz CT molecular complexity index is 814. The summed E-state index contributed by atoms with van der Waals surface area (Å²) < 4.78 is 0. The molecule has 0 atom stereocenters. The maximum Gasteiger partial charge on any atom is 0.0384 e. The molecule has 1 nitrogen and oxygen atoms in total. The Morgan fingerprint density at radius 3 is 1.40 bits per heavy atom. The van der Waals surface area contributed by atoms with Crippen molar-refractivity contribution in [1.82, 2.24) is 0 Å². The average molecular weight is 329 g/mol. The minimum Gasteiger partial charge on any atom is -0.398 e. The molecule has 2 N–H and O–H groups in total. The highest BCUT2D eigenvalue weighted by atomic mass is 14.6. The quantitative estimate of drug-likeness (QED) is 0.520. The van der Waals surface area contributed by atoms with Crippen LogP contribution in [0.25, 0.3) is 22.3 Å². The van der Waals surface area contributed by atoms with Gasteiger partial charge in [-0.2, -0.15) is 0 Å². The summed E-state index contributed by atoms with van der Waals surface area (Å²) in [7, 11) is 0. The molecule has 3 aromatic rings. The highest BCUT2D eigenvalue weighted by Gasteiger charge is 2.14. The van der Waals surface area contributed by atoms with Crippen molar-refractivity contribution in [3.05, 3.63) is 77.9 Å². The van der Waals surface area contributed by atoms with E-state index in [0.717, 1.165) is 5.69 Å². The molecule has 0 saturated heterocycles. The number of rotatable bonds is 4. The molecule has 0 aromatic heterocycles. The first-order chi connectivity index (χ1) is 12.0. The van der Waals surface area contributed by atoms with E-state index >= 15 is 0 Å². The third kappa shape index (κ3) is 3.61. The van der Waals surface area contributed by atoms with Gasteiger partial charge in [-0.1, -0.05) is 82.3 Å². The van der Waals surface area contributed by atoms with E-state index in [4.69, 9.17) is 5.73 Å². The molecule has 0 bridgehead atoms. The van der Waals surface area contributed by atoms with E-state index in [2.05, 4.69) is 88.4 Å². The molecule has 3 rings (SSSR count). The van der Waals surface area contributed by atoms with Crippen molar-refractivity contribution in [3.8, 4) is 22.3 Å². The lowest BCUT2D eigenvalue weighted by Crippen LogP contribution is -2.03. The highest BCUT2D eigenvalue weighted by molar-refractivity contribution is 5.74. The van der Waals surface area contributed by atoms with Crippen molar-refractivity contribution in [1.29, 1.82) is 0 Å². The van der Waals surface area contributed by atoms with Crippen LogP contribution in [0.15, 0.2) is 66.7 Å². The van der Waals surface area contributed by atoms with Crippen LogP contribution in [0, 0.1) is 0 Å². The van der Waals surface area contributed by atoms with Gasteiger partial charge in [0.2, 0.25) is 0 Å². The molecule has 25 heavy (non-hydrogen) atoms. The zero-order valence-electron chi connectivity index (χ0n) is 15.6.